The normalized spacial score (nSPS) is 20.7. The van der Waals surface area contributed by atoms with Gasteiger partial charge in [-0.15, -0.1) is 0 Å². The Morgan fingerprint density at radius 3 is 3.00 bits per heavy atom. The predicted octanol–water partition coefficient (Wildman–Crippen LogP) is -0.0248. The number of hydrogen-bond acceptors (Lipinski definition) is 2. The van der Waals surface area contributed by atoms with Crippen LogP contribution < -0.4 is 5.32 Å². The molecule has 1 aromatic heterocycles. The van der Waals surface area contributed by atoms with Crippen LogP contribution in [0.1, 0.15) is 16.9 Å². The van der Waals surface area contributed by atoms with E-state index in [1.807, 2.05) is 0 Å². The lowest BCUT2D eigenvalue weighted by Crippen LogP contribution is -2.36. The van der Waals surface area contributed by atoms with Crippen LogP contribution in [0.25, 0.3) is 0 Å². The molecule has 2 heterocycles. The van der Waals surface area contributed by atoms with Gasteiger partial charge in [0, 0.05) is 26.2 Å². The first-order valence-electron chi connectivity index (χ1n) is 4.85. The number of aromatic nitrogens is 1. The number of amides is 2. The van der Waals surface area contributed by atoms with E-state index in [1.54, 1.807) is 30.3 Å². The van der Waals surface area contributed by atoms with Gasteiger partial charge in [-0.25, -0.2) is 0 Å². The van der Waals surface area contributed by atoms with Crippen molar-refractivity contribution < 1.29 is 9.59 Å². The maximum absolute atomic E-state index is 11.6. The van der Waals surface area contributed by atoms with Gasteiger partial charge >= 0.3 is 0 Å². The number of aromatic amines is 1. The Balaban J connectivity index is 1.94. The van der Waals surface area contributed by atoms with Gasteiger partial charge in [0.1, 0.15) is 5.69 Å². The van der Waals surface area contributed by atoms with E-state index in [9.17, 15) is 9.59 Å². The summed E-state index contributed by atoms with van der Waals surface area (Å²) in [4.78, 5) is 27.3. The fraction of sp³-hybridized carbons (Fsp3) is 0.400. The van der Waals surface area contributed by atoms with Crippen molar-refractivity contribution >= 4 is 11.8 Å². The summed E-state index contributed by atoms with van der Waals surface area (Å²) in [7, 11) is 1.74. The number of nitrogens with zero attached hydrogens (tertiary/aromatic N) is 1. The fourth-order valence-corrected chi connectivity index (χ4v) is 1.69. The van der Waals surface area contributed by atoms with Gasteiger partial charge in [-0.1, -0.05) is 0 Å². The fourth-order valence-electron chi connectivity index (χ4n) is 1.69. The van der Waals surface area contributed by atoms with Crippen LogP contribution in [0.5, 0.6) is 0 Å². The van der Waals surface area contributed by atoms with Crippen molar-refractivity contribution in [2.24, 2.45) is 0 Å². The first-order chi connectivity index (χ1) is 7.16. The summed E-state index contributed by atoms with van der Waals surface area (Å²) in [5, 5.41) is 2.81. The smallest absolute Gasteiger partial charge is 0.267 e. The largest absolute Gasteiger partial charge is 0.357 e. The molecule has 1 aliphatic rings. The summed E-state index contributed by atoms with van der Waals surface area (Å²) >= 11 is 0. The molecule has 1 aromatic rings. The summed E-state index contributed by atoms with van der Waals surface area (Å²) < 4.78 is 0. The summed E-state index contributed by atoms with van der Waals surface area (Å²) in [6, 6.07) is 3.40. The van der Waals surface area contributed by atoms with E-state index in [0.717, 1.165) is 0 Å². The molecule has 0 radical (unpaired) electrons. The molecule has 0 bridgehead atoms. The van der Waals surface area contributed by atoms with Gasteiger partial charge in [0.2, 0.25) is 5.91 Å². The highest BCUT2D eigenvalue weighted by Crippen LogP contribution is 2.08. The third-order valence-corrected chi connectivity index (χ3v) is 2.52. The van der Waals surface area contributed by atoms with E-state index in [1.165, 1.54) is 0 Å². The van der Waals surface area contributed by atoms with Crippen molar-refractivity contribution in [3.05, 3.63) is 24.0 Å². The first kappa shape index (κ1) is 9.76. The average molecular weight is 207 g/mol. The van der Waals surface area contributed by atoms with Crippen molar-refractivity contribution in [1.82, 2.24) is 15.2 Å². The lowest BCUT2D eigenvalue weighted by Gasteiger charge is -2.11. The van der Waals surface area contributed by atoms with E-state index in [4.69, 9.17) is 0 Å². The van der Waals surface area contributed by atoms with Crippen molar-refractivity contribution in [1.29, 1.82) is 0 Å². The number of likely N-dealkylation sites (N-methyl/N-ethyl adjacent to an activating group) is 1. The second-order valence-electron chi connectivity index (χ2n) is 3.73. The molecule has 1 unspecified atom stereocenters. The number of likely N-dealkylation sites (tertiary alicyclic amines) is 1. The van der Waals surface area contributed by atoms with Crippen LogP contribution in [0.4, 0.5) is 0 Å². The molecule has 1 saturated heterocycles. The molecule has 2 N–H and O–H groups in total. The topological polar surface area (TPSA) is 65.2 Å². The zero-order valence-electron chi connectivity index (χ0n) is 8.49. The van der Waals surface area contributed by atoms with E-state index in [0.29, 0.717) is 18.7 Å². The van der Waals surface area contributed by atoms with Gasteiger partial charge in [0.25, 0.3) is 5.91 Å². The number of carbonyl (C=O) groups is 2. The van der Waals surface area contributed by atoms with E-state index in [-0.39, 0.29) is 17.9 Å². The monoisotopic (exact) mass is 207 g/mol. The molecule has 1 aliphatic heterocycles. The van der Waals surface area contributed by atoms with Gasteiger partial charge in [-0.3, -0.25) is 9.59 Å². The molecule has 1 atom stereocenters. The molecule has 5 nitrogen and oxygen atoms in total. The number of carbonyl (C=O) groups excluding carboxylic acids is 2. The third kappa shape index (κ3) is 2.01. The molecular weight excluding hydrogens is 194 g/mol. The van der Waals surface area contributed by atoms with Gasteiger partial charge in [0.15, 0.2) is 0 Å². The highest BCUT2D eigenvalue weighted by molar-refractivity contribution is 5.93. The van der Waals surface area contributed by atoms with Crippen LogP contribution in [0.2, 0.25) is 0 Å². The molecule has 1 fully saturated rings. The number of rotatable bonds is 2. The maximum Gasteiger partial charge on any atom is 0.267 e. The molecule has 80 valence electrons. The number of nitrogens with one attached hydrogen (secondary N) is 2. The maximum atomic E-state index is 11.6. The van der Waals surface area contributed by atoms with Crippen LogP contribution in [0.3, 0.4) is 0 Å². The van der Waals surface area contributed by atoms with Crippen LogP contribution in [-0.4, -0.2) is 41.3 Å². The quantitative estimate of drug-likeness (QED) is 0.715. The van der Waals surface area contributed by atoms with Gasteiger partial charge in [0.05, 0.1) is 6.04 Å². The molecule has 2 amide bonds. The van der Waals surface area contributed by atoms with Crippen molar-refractivity contribution in [2.45, 2.75) is 12.5 Å². The van der Waals surface area contributed by atoms with Crippen molar-refractivity contribution in [3.63, 3.8) is 0 Å². The Labute approximate surface area is 87.5 Å². The van der Waals surface area contributed by atoms with Gasteiger partial charge < -0.3 is 15.2 Å². The van der Waals surface area contributed by atoms with E-state index >= 15 is 0 Å². The van der Waals surface area contributed by atoms with E-state index in [2.05, 4.69) is 10.3 Å². The Morgan fingerprint density at radius 2 is 2.47 bits per heavy atom. The minimum Gasteiger partial charge on any atom is -0.357 e. The molecule has 5 heteroatoms. The SMILES string of the molecule is CN1CC(NC(=O)c2ccc[nH]2)CC1=O. The van der Waals surface area contributed by atoms with Crippen LogP contribution in [0.15, 0.2) is 18.3 Å². The Bertz CT molecular complexity index is 372. The predicted molar refractivity (Wildman–Crippen MR) is 54.3 cm³/mol. The molecule has 0 saturated carbocycles. The Kier molecular flexibility index (Phi) is 2.45. The first-order valence-corrected chi connectivity index (χ1v) is 4.85. The zero-order chi connectivity index (χ0) is 10.8. The summed E-state index contributed by atoms with van der Waals surface area (Å²) in [5.41, 5.74) is 0.525. The standard InChI is InChI=1S/C10H13N3O2/c1-13-6-7(5-9(13)14)12-10(15)8-3-2-4-11-8/h2-4,7,11H,5-6H2,1H3,(H,12,15). The number of H-pyrrole nitrogens is 1. The molecular formula is C10H13N3O2. The lowest BCUT2D eigenvalue weighted by molar-refractivity contribution is -0.126. The van der Waals surface area contributed by atoms with Crippen LogP contribution in [-0.2, 0) is 4.79 Å². The van der Waals surface area contributed by atoms with Crippen LogP contribution in [0, 0.1) is 0 Å². The molecule has 0 aliphatic carbocycles. The average Bonchev–Trinajstić information content (AvgIpc) is 2.77. The minimum absolute atomic E-state index is 0.0710. The second-order valence-corrected chi connectivity index (χ2v) is 3.73. The highest BCUT2D eigenvalue weighted by Gasteiger charge is 2.28. The third-order valence-electron chi connectivity index (χ3n) is 2.52. The van der Waals surface area contributed by atoms with Gasteiger partial charge in [-0.05, 0) is 12.1 Å². The van der Waals surface area contributed by atoms with Crippen molar-refractivity contribution in [3.8, 4) is 0 Å². The highest BCUT2D eigenvalue weighted by atomic mass is 16.2. The Morgan fingerprint density at radius 1 is 1.67 bits per heavy atom. The lowest BCUT2D eigenvalue weighted by atomic mass is 10.2. The minimum atomic E-state index is -0.159. The second kappa shape index (κ2) is 3.76. The summed E-state index contributed by atoms with van der Waals surface area (Å²) in [6.45, 7) is 0.589. The number of hydrogen-bond donors (Lipinski definition) is 2. The Hall–Kier alpha value is -1.78. The summed E-state index contributed by atoms with van der Waals surface area (Å²) in [6.07, 6.45) is 2.09. The van der Waals surface area contributed by atoms with Gasteiger partial charge in [-0.2, -0.15) is 0 Å². The van der Waals surface area contributed by atoms with Crippen LogP contribution >= 0.6 is 0 Å². The summed E-state index contributed by atoms with van der Waals surface area (Å²) in [5.74, 6) is -0.0834. The molecule has 0 spiro atoms. The molecule has 0 aromatic carbocycles. The van der Waals surface area contributed by atoms with E-state index < -0.39 is 0 Å². The zero-order valence-corrected chi connectivity index (χ0v) is 8.49. The molecule has 15 heavy (non-hydrogen) atoms. The molecule has 2 rings (SSSR count). The van der Waals surface area contributed by atoms with Crippen molar-refractivity contribution in [2.75, 3.05) is 13.6 Å².